The lowest BCUT2D eigenvalue weighted by atomic mass is 10.1. The van der Waals surface area contributed by atoms with Gasteiger partial charge in [-0.3, -0.25) is 4.79 Å². The van der Waals surface area contributed by atoms with E-state index in [2.05, 4.69) is 5.32 Å². The first-order chi connectivity index (χ1) is 10.6. The number of aromatic nitrogens is 1. The van der Waals surface area contributed by atoms with Crippen molar-refractivity contribution in [1.82, 2.24) is 4.57 Å². The molecule has 0 radical (unpaired) electrons. The summed E-state index contributed by atoms with van der Waals surface area (Å²) >= 11 is 0. The zero-order chi connectivity index (χ0) is 15.7. The van der Waals surface area contributed by atoms with Crippen LogP contribution in [0.1, 0.15) is 29.4 Å². The molecule has 0 fully saturated rings. The van der Waals surface area contributed by atoms with E-state index in [0.29, 0.717) is 25.1 Å². The molecular weight excluding hydrogens is 280 g/mol. The third kappa shape index (κ3) is 2.39. The molecule has 1 aromatic carbocycles. The van der Waals surface area contributed by atoms with Gasteiger partial charge in [-0.15, -0.1) is 0 Å². The zero-order valence-electron chi connectivity index (χ0n) is 12.7. The number of anilines is 1. The van der Waals surface area contributed by atoms with Gasteiger partial charge in [-0.25, -0.2) is 4.79 Å². The van der Waals surface area contributed by atoms with Gasteiger partial charge in [0.1, 0.15) is 0 Å². The summed E-state index contributed by atoms with van der Waals surface area (Å²) in [6.07, 6.45) is 0.374. The van der Waals surface area contributed by atoms with Gasteiger partial charge in [-0.1, -0.05) is 18.2 Å². The average molecular weight is 298 g/mol. The molecule has 0 saturated carbocycles. The second-order valence-corrected chi connectivity index (χ2v) is 5.24. The van der Waals surface area contributed by atoms with Gasteiger partial charge in [0.15, 0.2) is 0 Å². The van der Waals surface area contributed by atoms with Crippen molar-refractivity contribution in [3.05, 3.63) is 41.6 Å². The summed E-state index contributed by atoms with van der Waals surface area (Å²) in [6.45, 7) is 4.56. The van der Waals surface area contributed by atoms with E-state index in [9.17, 15) is 9.59 Å². The smallest absolute Gasteiger partial charge is 0.339 e. The highest BCUT2D eigenvalue weighted by Gasteiger charge is 2.23. The van der Waals surface area contributed by atoms with Gasteiger partial charge >= 0.3 is 5.97 Å². The number of fused-ring (bicyclic) bond motifs is 3. The molecule has 22 heavy (non-hydrogen) atoms. The number of hydrogen-bond donors (Lipinski definition) is 1. The lowest BCUT2D eigenvalue weighted by Gasteiger charge is -2.18. The normalized spacial score (nSPS) is 13.5. The highest BCUT2D eigenvalue weighted by Crippen LogP contribution is 2.33. The Morgan fingerprint density at radius 2 is 2.14 bits per heavy atom. The van der Waals surface area contributed by atoms with Crippen LogP contribution in [0.4, 0.5) is 5.69 Å². The molecule has 1 N–H and O–H groups in total. The number of rotatable bonds is 2. The fourth-order valence-corrected chi connectivity index (χ4v) is 2.81. The van der Waals surface area contributed by atoms with Crippen LogP contribution in [0.2, 0.25) is 0 Å². The molecule has 0 unspecified atom stereocenters. The number of para-hydroxylation sites is 1. The summed E-state index contributed by atoms with van der Waals surface area (Å²) in [5.74, 6) is -0.347. The molecule has 1 amide bonds. The van der Waals surface area contributed by atoms with Crippen LogP contribution in [0.3, 0.4) is 0 Å². The number of ether oxygens (including phenoxy) is 1. The molecule has 0 aliphatic carbocycles. The van der Waals surface area contributed by atoms with Crippen LogP contribution < -0.4 is 5.32 Å². The Hall–Kier alpha value is -2.56. The number of nitrogens with one attached hydrogen (secondary N) is 1. The Kier molecular flexibility index (Phi) is 3.71. The highest BCUT2D eigenvalue weighted by molar-refractivity contribution is 5.98. The van der Waals surface area contributed by atoms with E-state index in [0.717, 1.165) is 22.6 Å². The van der Waals surface area contributed by atoms with Crippen LogP contribution in [0.5, 0.6) is 0 Å². The Bertz CT molecular complexity index is 746. The highest BCUT2D eigenvalue weighted by atomic mass is 16.5. The van der Waals surface area contributed by atoms with Gasteiger partial charge in [0.05, 0.1) is 23.6 Å². The van der Waals surface area contributed by atoms with E-state index in [1.165, 1.54) is 0 Å². The lowest BCUT2D eigenvalue weighted by Crippen LogP contribution is -2.19. The maximum Gasteiger partial charge on any atom is 0.339 e. The van der Waals surface area contributed by atoms with E-state index in [4.69, 9.17) is 4.74 Å². The standard InChI is InChI=1S/C17H18N2O3/c1-3-22-17(21)13-10-15-12-6-4-5-7-14(12)18-16(20)8-9-19(15)11(13)2/h4-7,10H,3,8-9H2,1-2H3,(H,18,20). The number of hydrogen-bond acceptors (Lipinski definition) is 3. The van der Waals surface area contributed by atoms with Gasteiger partial charge in [-0.2, -0.15) is 0 Å². The Morgan fingerprint density at radius 3 is 2.91 bits per heavy atom. The van der Waals surface area contributed by atoms with Crippen LogP contribution >= 0.6 is 0 Å². The van der Waals surface area contributed by atoms with Gasteiger partial charge in [0.2, 0.25) is 5.91 Å². The molecule has 0 bridgehead atoms. The van der Waals surface area contributed by atoms with Crippen molar-refractivity contribution in [2.45, 2.75) is 26.8 Å². The molecular formula is C17H18N2O3. The predicted octanol–water partition coefficient (Wildman–Crippen LogP) is 2.98. The van der Waals surface area contributed by atoms with Crippen molar-refractivity contribution < 1.29 is 14.3 Å². The fraction of sp³-hybridized carbons (Fsp3) is 0.294. The number of carbonyl (C=O) groups is 2. The topological polar surface area (TPSA) is 60.3 Å². The molecule has 0 saturated heterocycles. The third-order valence-electron chi connectivity index (χ3n) is 3.90. The van der Waals surface area contributed by atoms with Crippen molar-refractivity contribution in [2.24, 2.45) is 0 Å². The first-order valence-electron chi connectivity index (χ1n) is 7.38. The van der Waals surface area contributed by atoms with Crippen molar-refractivity contribution in [3.8, 4) is 11.3 Å². The summed E-state index contributed by atoms with van der Waals surface area (Å²) in [6, 6.07) is 9.47. The first kappa shape index (κ1) is 14.4. The van der Waals surface area contributed by atoms with Gasteiger partial charge < -0.3 is 14.6 Å². The Morgan fingerprint density at radius 1 is 1.36 bits per heavy atom. The van der Waals surface area contributed by atoms with Crippen molar-refractivity contribution in [1.29, 1.82) is 0 Å². The van der Waals surface area contributed by atoms with Crippen LogP contribution in [0.15, 0.2) is 30.3 Å². The second kappa shape index (κ2) is 5.67. The third-order valence-corrected chi connectivity index (χ3v) is 3.90. The predicted molar refractivity (Wildman–Crippen MR) is 83.8 cm³/mol. The lowest BCUT2D eigenvalue weighted by molar-refractivity contribution is -0.116. The van der Waals surface area contributed by atoms with Crippen LogP contribution in [-0.2, 0) is 16.1 Å². The van der Waals surface area contributed by atoms with Crippen molar-refractivity contribution in [2.75, 3.05) is 11.9 Å². The van der Waals surface area contributed by atoms with Crippen LogP contribution in [0, 0.1) is 6.92 Å². The summed E-state index contributed by atoms with van der Waals surface area (Å²) in [7, 11) is 0. The minimum absolute atomic E-state index is 0.0242. The Balaban J connectivity index is 2.17. The van der Waals surface area contributed by atoms with Crippen molar-refractivity contribution in [3.63, 3.8) is 0 Å². The maximum absolute atomic E-state index is 12.1. The Labute approximate surface area is 128 Å². The molecule has 0 atom stereocenters. The molecule has 3 rings (SSSR count). The molecule has 1 aromatic heterocycles. The maximum atomic E-state index is 12.1. The molecule has 5 heteroatoms. The quantitative estimate of drug-likeness (QED) is 0.867. The van der Waals surface area contributed by atoms with E-state index >= 15 is 0 Å². The van der Waals surface area contributed by atoms with E-state index in [1.807, 2.05) is 41.8 Å². The summed E-state index contributed by atoms with van der Waals surface area (Å²) in [5.41, 5.74) is 3.99. The number of amides is 1. The minimum Gasteiger partial charge on any atom is -0.462 e. The molecule has 2 aromatic rings. The SMILES string of the molecule is CCOC(=O)c1cc2n(c1C)CCC(=O)Nc1ccccc1-2. The zero-order valence-corrected chi connectivity index (χ0v) is 12.7. The monoisotopic (exact) mass is 298 g/mol. The summed E-state index contributed by atoms with van der Waals surface area (Å²) < 4.78 is 7.14. The van der Waals surface area contributed by atoms with Crippen LogP contribution in [-0.4, -0.2) is 23.1 Å². The van der Waals surface area contributed by atoms with Gasteiger partial charge in [-0.05, 0) is 26.0 Å². The second-order valence-electron chi connectivity index (χ2n) is 5.24. The molecule has 0 spiro atoms. The van der Waals surface area contributed by atoms with Crippen LogP contribution in [0.25, 0.3) is 11.3 Å². The average Bonchev–Trinajstić information content (AvgIpc) is 2.81. The van der Waals surface area contributed by atoms with E-state index < -0.39 is 0 Å². The molecule has 1 aliphatic rings. The number of benzene rings is 1. The van der Waals surface area contributed by atoms with Crippen molar-refractivity contribution >= 4 is 17.6 Å². The molecule has 1 aliphatic heterocycles. The van der Waals surface area contributed by atoms with Gasteiger partial charge in [0, 0.05) is 24.2 Å². The molecule has 5 nitrogen and oxygen atoms in total. The largest absolute Gasteiger partial charge is 0.462 e. The first-order valence-corrected chi connectivity index (χ1v) is 7.38. The van der Waals surface area contributed by atoms with E-state index in [-0.39, 0.29) is 11.9 Å². The summed E-state index contributed by atoms with van der Waals surface area (Å²) in [4.78, 5) is 24.1. The molecule has 2 heterocycles. The van der Waals surface area contributed by atoms with E-state index in [1.54, 1.807) is 6.92 Å². The molecule has 114 valence electrons. The summed E-state index contributed by atoms with van der Waals surface area (Å²) in [5, 5.41) is 2.92. The number of esters is 1. The minimum atomic E-state index is -0.323. The number of nitrogens with zero attached hydrogens (tertiary/aromatic N) is 1. The fourth-order valence-electron chi connectivity index (χ4n) is 2.81. The number of carbonyl (C=O) groups excluding carboxylic acids is 2. The van der Waals surface area contributed by atoms with Gasteiger partial charge in [0.25, 0.3) is 0 Å².